The molecule has 0 aromatic heterocycles. The van der Waals surface area contributed by atoms with Crippen molar-refractivity contribution in [3.63, 3.8) is 0 Å². The highest BCUT2D eigenvalue weighted by Gasteiger charge is 2.31. The summed E-state index contributed by atoms with van der Waals surface area (Å²) in [5, 5.41) is 17.7. The van der Waals surface area contributed by atoms with E-state index in [1.807, 2.05) is 6.92 Å². The molecule has 0 saturated carbocycles. The third-order valence-corrected chi connectivity index (χ3v) is 4.08. The number of hydrogen-bond donors (Lipinski definition) is 0. The van der Waals surface area contributed by atoms with Gasteiger partial charge in [0.2, 0.25) is 0 Å². The van der Waals surface area contributed by atoms with Gasteiger partial charge in [-0.1, -0.05) is 13.0 Å². The topological polar surface area (TPSA) is 50.8 Å². The van der Waals surface area contributed by atoms with E-state index in [1.165, 1.54) is 12.1 Å². The maximum atomic E-state index is 14.5. The first-order chi connectivity index (χ1) is 10.8. The molecule has 1 aromatic rings. The minimum absolute atomic E-state index is 0.105. The molecule has 0 radical (unpaired) electrons. The molecule has 1 aliphatic rings. The molecule has 1 aliphatic heterocycles. The van der Waals surface area contributed by atoms with Crippen LogP contribution >= 0.6 is 0 Å². The SMILES string of the molecule is CCCN1c2cc(F)c(C=C(C#N)C#N)cc2C(C)=CC1(C)C. The van der Waals surface area contributed by atoms with Crippen LogP contribution in [0.1, 0.15) is 45.2 Å². The number of nitrogens with zero attached hydrogens (tertiary/aromatic N) is 3. The second-order valence-corrected chi connectivity index (χ2v) is 6.31. The third kappa shape index (κ3) is 3.12. The van der Waals surface area contributed by atoms with Gasteiger partial charge in [0.25, 0.3) is 0 Å². The quantitative estimate of drug-likeness (QED) is 0.762. The van der Waals surface area contributed by atoms with Crippen LogP contribution in [0.15, 0.2) is 23.8 Å². The van der Waals surface area contributed by atoms with Gasteiger partial charge < -0.3 is 4.90 Å². The highest BCUT2D eigenvalue weighted by Crippen LogP contribution is 2.40. The molecule has 0 fully saturated rings. The predicted molar refractivity (Wildman–Crippen MR) is 91.0 cm³/mol. The van der Waals surface area contributed by atoms with Crippen LogP contribution in [-0.2, 0) is 0 Å². The van der Waals surface area contributed by atoms with E-state index in [2.05, 4.69) is 31.7 Å². The first kappa shape index (κ1) is 16.8. The highest BCUT2D eigenvalue weighted by molar-refractivity contribution is 5.83. The summed E-state index contributed by atoms with van der Waals surface area (Å²) in [6, 6.07) is 6.78. The van der Waals surface area contributed by atoms with E-state index in [-0.39, 0.29) is 16.7 Å². The Bertz CT molecular complexity index is 757. The maximum Gasteiger partial charge on any atom is 0.132 e. The van der Waals surface area contributed by atoms with Gasteiger partial charge in [-0.15, -0.1) is 0 Å². The first-order valence-corrected chi connectivity index (χ1v) is 7.67. The van der Waals surface area contributed by atoms with Crippen molar-refractivity contribution in [2.24, 2.45) is 0 Å². The van der Waals surface area contributed by atoms with E-state index >= 15 is 0 Å². The van der Waals surface area contributed by atoms with E-state index < -0.39 is 5.82 Å². The predicted octanol–water partition coefficient (Wildman–Crippen LogP) is 4.67. The molecule has 0 aliphatic carbocycles. The zero-order valence-electron chi connectivity index (χ0n) is 13.9. The molecule has 0 saturated heterocycles. The number of halogens is 1. The zero-order chi connectivity index (χ0) is 17.2. The zero-order valence-corrected chi connectivity index (χ0v) is 13.9. The van der Waals surface area contributed by atoms with Crippen LogP contribution in [0.5, 0.6) is 0 Å². The van der Waals surface area contributed by atoms with Crippen molar-refractivity contribution in [1.82, 2.24) is 0 Å². The minimum atomic E-state index is -0.418. The van der Waals surface area contributed by atoms with Crippen molar-refractivity contribution >= 4 is 17.3 Å². The van der Waals surface area contributed by atoms with Gasteiger partial charge in [-0.25, -0.2) is 4.39 Å². The lowest BCUT2D eigenvalue weighted by Gasteiger charge is -2.43. The van der Waals surface area contributed by atoms with Crippen molar-refractivity contribution in [1.29, 1.82) is 10.5 Å². The first-order valence-electron chi connectivity index (χ1n) is 7.67. The van der Waals surface area contributed by atoms with E-state index in [0.29, 0.717) is 0 Å². The van der Waals surface area contributed by atoms with E-state index in [4.69, 9.17) is 10.5 Å². The monoisotopic (exact) mass is 309 g/mol. The number of allylic oxidation sites excluding steroid dienone is 2. The summed E-state index contributed by atoms with van der Waals surface area (Å²) in [4.78, 5) is 2.20. The van der Waals surface area contributed by atoms with Crippen LogP contribution in [0.4, 0.5) is 10.1 Å². The second kappa shape index (κ2) is 6.26. The van der Waals surface area contributed by atoms with Gasteiger partial charge in [-0.3, -0.25) is 0 Å². The van der Waals surface area contributed by atoms with Gasteiger partial charge in [0.05, 0.1) is 5.54 Å². The van der Waals surface area contributed by atoms with Gasteiger partial charge >= 0.3 is 0 Å². The standard InChI is InChI=1S/C19H20FN3/c1-5-6-23-18-9-17(20)15(7-14(11-21)12-22)8-16(18)13(2)10-19(23,3)4/h7-10H,5-6H2,1-4H3. The molecular weight excluding hydrogens is 289 g/mol. The van der Waals surface area contributed by atoms with Gasteiger partial charge in [0.1, 0.15) is 23.5 Å². The Kier molecular flexibility index (Phi) is 4.57. The number of anilines is 1. The summed E-state index contributed by atoms with van der Waals surface area (Å²) in [7, 11) is 0. The number of nitriles is 2. The number of benzene rings is 1. The summed E-state index contributed by atoms with van der Waals surface area (Å²) >= 11 is 0. The largest absolute Gasteiger partial charge is 0.362 e. The Morgan fingerprint density at radius 3 is 2.52 bits per heavy atom. The Hall–Kier alpha value is -2.59. The van der Waals surface area contributed by atoms with Gasteiger partial charge in [0, 0.05) is 23.4 Å². The number of rotatable bonds is 3. The van der Waals surface area contributed by atoms with Crippen molar-refractivity contribution in [3.05, 3.63) is 40.7 Å². The van der Waals surface area contributed by atoms with Crippen LogP contribution in [0.25, 0.3) is 11.6 Å². The second-order valence-electron chi connectivity index (χ2n) is 6.31. The fourth-order valence-electron chi connectivity index (χ4n) is 3.10. The van der Waals surface area contributed by atoms with Gasteiger partial charge in [-0.05, 0) is 51.0 Å². The summed E-state index contributed by atoms with van der Waals surface area (Å²) in [6.07, 6.45) is 4.44. The molecule has 0 N–H and O–H groups in total. The molecule has 1 heterocycles. The summed E-state index contributed by atoms with van der Waals surface area (Å²) in [6.45, 7) is 9.17. The molecule has 118 valence electrons. The summed E-state index contributed by atoms with van der Waals surface area (Å²) < 4.78 is 14.5. The molecule has 0 atom stereocenters. The molecule has 4 heteroatoms. The van der Waals surface area contributed by atoms with Crippen molar-refractivity contribution < 1.29 is 4.39 Å². The smallest absolute Gasteiger partial charge is 0.132 e. The maximum absolute atomic E-state index is 14.5. The van der Waals surface area contributed by atoms with Crippen LogP contribution in [-0.4, -0.2) is 12.1 Å². The van der Waals surface area contributed by atoms with Crippen LogP contribution in [0.2, 0.25) is 0 Å². The average Bonchev–Trinajstić information content (AvgIpc) is 2.49. The Morgan fingerprint density at radius 2 is 1.96 bits per heavy atom. The summed E-state index contributed by atoms with van der Waals surface area (Å²) in [5.41, 5.74) is 2.87. The van der Waals surface area contributed by atoms with Crippen molar-refractivity contribution in [3.8, 4) is 12.1 Å². The lowest BCUT2D eigenvalue weighted by Crippen LogP contribution is -2.45. The van der Waals surface area contributed by atoms with E-state index in [1.54, 1.807) is 18.2 Å². The van der Waals surface area contributed by atoms with Crippen LogP contribution < -0.4 is 4.90 Å². The number of fused-ring (bicyclic) bond motifs is 1. The molecule has 23 heavy (non-hydrogen) atoms. The van der Waals surface area contributed by atoms with Gasteiger partial charge in [0.15, 0.2) is 0 Å². The molecule has 0 unspecified atom stereocenters. The van der Waals surface area contributed by atoms with E-state index in [0.717, 1.165) is 29.8 Å². The molecule has 3 nitrogen and oxygen atoms in total. The lowest BCUT2D eigenvalue weighted by atomic mass is 9.87. The van der Waals surface area contributed by atoms with E-state index in [9.17, 15) is 4.39 Å². The lowest BCUT2D eigenvalue weighted by molar-refractivity contribution is 0.546. The average molecular weight is 309 g/mol. The highest BCUT2D eigenvalue weighted by atomic mass is 19.1. The van der Waals surface area contributed by atoms with Crippen LogP contribution in [0, 0.1) is 28.5 Å². The Morgan fingerprint density at radius 1 is 1.30 bits per heavy atom. The normalized spacial score (nSPS) is 15.1. The molecule has 0 spiro atoms. The molecule has 0 bridgehead atoms. The fraction of sp³-hybridized carbons (Fsp3) is 0.368. The minimum Gasteiger partial charge on any atom is -0.362 e. The third-order valence-electron chi connectivity index (χ3n) is 4.08. The van der Waals surface area contributed by atoms with Crippen molar-refractivity contribution in [2.75, 3.05) is 11.4 Å². The fourth-order valence-corrected chi connectivity index (χ4v) is 3.10. The molecule has 2 rings (SSSR count). The summed E-state index contributed by atoms with van der Waals surface area (Å²) in [5.74, 6) is -0.418. The van der Waals surface area contributed by atoms with Crippen LogP contribution in [0.3, 0.4) is 0 Å². The molecule has 1 aromatic carbocycles. The number of hydrogen-bond acceptors (Lipinski definition) is 3. The van der Waals surface area contributed by atoms with Gasteiger partial charge in [-0.2, -0.15) is 10.5 Å². The molecular formula is C19H20FN3. The Balaban J connectivity index is 2.65. The molecule has 0 amide bonds. The van der Waals surface area contributed by atoms with Crippen molar-refractivity contribution in [2.45, 2.75) is 39.7 Å². The Labute approximate surface area is 137 Å².